The van der Waals surface area contributed by atoms with E-state index in [1.807, 2.05) is 0 Å². The van der Waals surface area contributed by atoms with Crippen molar-refractivity contribution >= 4 is 84.3 Å². The van der Waals surface area contributed by atoms with Gasteiger partial charge >= 0.3 is 17.9 Å². The summed E-state index contributed by atoms with van der Waals surface area (Å²) in [6, 6.07) is 5.63. The van der Waals surface area contributed by atoms with Crippen LogP contribution in [-0.4, -0.2) is 88.6 Å². The Hall–Kier alpha value is -4.43. The summed E-state index contributed by atoms with van der Waals surface area (Å²) < 4.78 is 95.5. The maximum Gasteiger partial charge on any atom is 0.335 e. The number of allylic oxidation sites excluding steroid dienone is 2. The first-order valence-electron chi connectivity index (χ1n) is 17.4. The molecule has 0 radical (unpaired) electrons. The van der Waals surface area contributed by atoms with E-state index in [0.717, 1.165) is 43.3 Å². The van der Waals surface area contributed by atoms with Crippen molar-refractivity contribution in [3.8, 4) is 0 Å². The molecular weight excluding hydrogens is 841 g/mol. The molecule has 57 heavy (non-hydrogen) atoms. The molecule has 15 nitrogen and oxygen atoms in total. The summed E-state index contributed by atoms with van der Waals surface area (Å²) in [5.74, 6) is -6.13. The quantitative estimate of drug-likeness (QED) is 0.210. The van der Waals surface area contributed by atoms with Gasteiger partial charge in [-0.3, -0.25) is 14.4 Å². The molecule has 21 heteroatoms. The lowest BCUT2D eigenvalue weighted by Gasteiger charge is -2.30. The Morgan fingerprint density at radius 1 is 0.719 bits per heavy atom. The number of benzene rings is 2. The normalized spacial score (nSPS) is 16.8. The third-order valence-electron chi connectivity index (χ3n) is 8.26. The van der Waals surface area contributed by atoms with Crippen LogP contribution in [-0.2, 0) is 58.2 Å². The first-order chi connectivity index (χ1) is 26.8. The van der Waals surface area contributed by atoms with Crippen LogP contribution in [0.4, 0.5) is 20.2 Å². The van der Waals surface area contributed by atoms with Gasteiger partial charge in [-0.15, -0.1) is 0 Å². The van der Waals surface area contributed by atoms with E-state index in [2.05, 4.69) is 4.74 Å². The maximum absolute atomic E-state index is 13.5. The van der Waals surface area contributed by atoms with E-state index in [-0.39, 0.29) is 58.6 Å². The van der Waals surface area contributed by atoms with Crippen molar-refractivity contribution in [3.63, 3.8) is 0 Å². The Morgan fingerprint density at radius 2 is 1.12 bits per heavy atom. The van der Waals surface area contributed by atoms with Crippen LogP contribution in [0, 0.1) is 11.6 Å². The first kappa shape index (κ1) is 46.9. The predicted octanol–water partition coefficient (Wildman–Crippen LogP) is 4.92. The van der Waals surface area contributed by atoms with Gasteiger partial charge in [-0.05, 0) is 88.8 Å². The van der Waals surface area contributed by atoms with Gasteiger partial charge in [-0.2, -0.15) is 0 Å². The number of ether oxygens (including phenoxy) is 3. The number of hydrogen-bond acceptors (Lipinski definition) is 13. The predicted molar refractivity (Wildman–Crippen MR) is 204 cm³/mol. The molecule has 2 amide bonds. The Balaban J connectivity index is 0.000000307. The van der Waals surface area contributed by atoms with Gasteiger partial charge in [-0.1, -0.05) is 35.4 Å². The fraction of sp³-hybridized carbons (Fsp3) is 0.417. The lowest BCUT2D eigenvalue weighted by atomic mass is 9.99. The largest absolute Gasteiger partial charge is 0.463 e. The van der Waals surface area contributed by atoms with Crippen molar-refractivity contribution in [1.29, 1.82) is 0 Å². The molecule has 2 aromatic carbocycles. The van der Waals surface area contributed by atoms with Crippen LogP contribution in [0.1, 0.15) is 59.3 Å². The number of anilines is 2. The molecule has 0 spiro atoms. The fourth-order valence-corrected chi connectivity index (χ4v) is 10.4. The molecule has 2 aliphatic rings. The lowest BCUT2D eigenvalue weighted by molar-refractivity contribution is -0.145. The SMILES string of the molecule is CCOC(=O)C1=CCCCC1S(=O)(=O)N(C(=O)CO)c1ccc(F)cc1Cl.CCOC(=O)C1=CCCCC1S(=O)(=O)N(C(=O)COC(C)=O)c1ccc(F)cc1Cl. The van der Waals surface area contributed by atoms with E-state index in [1.54, 1.807) is 13.8 Å². The highest BCUT2D eigenvalue weighted by Crippen LogP contribution is 2.36. The highest BCUT2D eigenvalue weighted by Gasteiger charge is 2.44. The highest BCUT2D eigenvalue weighted by atomic mass is 35.5. The summed E-state index contributed by atoms with van der Waals surface area (Å²) >= 11 is 11.9. The minimum absolute atomic E-state index is 0.0435. The van der Waals surface area contributed by atoms with Crippen molar-refractivity contribution in [1.82, 2.24) is 0 Å². The summed E-state index contributed by atoms with van der Waals surface area (Å²) in [5.41, 5.74) is -0.779. The molecule has 0 heterocycles. The Kier molecular flexibility index (Phi) is 17.2. The van der Waals surface area contributed by atoms with E-state index < -0.39 is 85.1 Å². The second kappa shape index (κ2) is 20.8. The molecule has 2 unspecified atom stereocenters. The second-order valence-electron chi connectivity index (χ2n) is 12.1. The van der Waals surface area contributed by atoms with Crippen LogP contribution in [0.2, 0.25) is 10.0 Å². The fourth-order valence-electron chi connectivity index (χ4n) is 5.83. The molecule has 4 rings (SSSR count). The van der Waals surface area contributed by atoms with Gasteiger partial charge in [0.2, 0.25) is 20.0 Å². The molecular formula is C36H40Cl2F2N2O13S2. The number of halogens is 4. The van der Waals surface area contributed by atoms with Gasteiger partial charge in [0.15, 0.2) is 6.61 Å². The Labute approximate surface area is 338 Å². The Bertz CT molecular complexity index is 2150. The van der Waals surface area contributed by atoms with Gasteiger partial charge in [0.1, 0.15) is 28.7 Å². The summed E-state index contributed by atoms with van der Waals surface area (Å²) in [4.78, 5) is 60.6. The van der Waals surface area contributed by atoms with Gasteiger partial charge < -0.3 is 19.3 Å². The number of aliphatic hydroxyl groups is 1. The van der Waals surface area contributed by atoms with Gasteiger partial charge in [0.25, 0.3) is 11.8 Å². The van der Waals surface area contributed by atoms with E-state index in [9.17, 15) is 54.7 Å². The third-order valence-corrected chi connectivity index (χ3v) is 13.1. The molecule has 2 atom stereocenters. The molecule has 1 N–H and O–H groups in total. The smallest absolute Gasteiger partial charge is 0.335 e. The first-order valence-corrected chi connectivity index (χ1v) is 21.1. The van der Waals surface area contributed by atoms with E-state index in [0.29, 0.717) is 34.3 Å². The molecule has 0 aliphatic heterocycles. The average Bonchev–Trinajstić information content (AvgIpc) is 3.16. The van der Waals surface area contributed by atoms with Crippen LogP contribution in [0.15, 0.2) is 59.7 Å². The van der Waals surface area contributed by atoms with Gasteiger partial charge in [0, 0.05) is 6.92 Å². The van der Waals surface area contributed by atoms with E-state index in [1.165, 1.54) is 12.2 Å². The zero-order chi connectivity index (χ0) is 42.7. The topological polar surface area (TPSA) is 208 Å². The highest BCUT2D eigenvalue weighted by molar-refractivity contribution is 7.94. The number of sulfonamides is 2. The summed E-state index contributed by atoms with van der Waals surface area (Å²) in [6.45, 7) is 2.34. The van der Waals surface area contributed by atoms with E-state index in [4.69, 9.17) is 32.7 Å². The lowest BCUT2D eigenvalue weighted by Crippen LogP contribution is -2.47. The summed E-state index contributed by atoms with van der Waals surface area (Å²) in [5, 5.41) is 5.86. The summed E-state index contributed by atoms with van der Waals surface area (Å²) in [6.07, 6.45) is 4.97. The zero-order valence-corrected chi connectivity index (χ0v) is 34.1. The Morgan fingerprint density at radius 3 is 1.47 bits per heavy atom. The molecule has 2 aromatic rings. The van der Waals surface area contributed by atoms with Crippen molar-refractivity contribution < 1.29 is 68.9 Å². The van der Waals surface area contributed by atoms with Gasteiger partial charge in [0.05, 0.1) is 45.8 Å². The maximum atomic E-state index is 13.5. The van der Waals surface area contributed by atoms with E-state index >= 15 is 0 Å². The number of carbonyl (C=O) groups is 5. The van der Waals surface area contributed by atoms with Crippen molar-refractivity contribution in [2.24, 2.45) is 0 Å². The minimum atomic E-state index is -4.56. The second-order valence-corrected chi connectivity index (χ2v) is 16.9. The monoisotopic (exact) mass is 880 g/mol. The van der Waals surface area contributed by atoms with Crippen LogP contribution < -0.4 is 8.61 Å². The van der Waals surface area contributed by atoms with Crippen LogP contribution >= 0.6 is 23.2 Å². The zero-order valence-electron chi connectivity index (χ0n) is 30.9. The van der Waals surface area contributed by atoms with Crippen LogP contribution in [0.5, 0.6) is 0 Å². The molecule has 0 saturated heterocycles. The van der Waals surface area contributed by atoms with Gasteiger partial charge in [-0.25, -0.2) is 43.8 Å². The molecule has 0 fully saturated rings. The number of amides is 2. The molecule has 0 saturated carbocycles. The number of aliphatic hydroxyl groups excluding tert-OH is 1. The number of nitrogens with zero attached hydrogens (tertiary/aromatic N) is 2. The standard InChI is InChI=1S/C19H21ClFNO7S.C17H19ClFNO6S/c1-3-28-19(25)14-6-4-5-7-17(14)30(26,27)22(18(24)11-29-12(2)23)16-9-8-13(21)10-15(16)20;1-2-26-17(23)12-5-3-4-6-15(12)27(24,25)20(16(22)10-21)14-8-7-11(19)9-13(14)18/h6,8-10,17H,3-5,7,11H2,1-2H3;5,7-9,15,21H,2-4,6,10H2,1H3. The molecule has 0 aromatic heterocycles. The van der Waals surface area contributed by atoms with Crippen LogP contribution in [0.3, 0.4) is 0 Å². The number of hydrogen-bond donors (Lipinski definition) is 1. The van der Waals surface area contributed by atoms with Crippen molar-refractivity contribution in [2.75, 3.05) is 35.0 Å². The average molecular weight is 882 g/mol. The minimum Gasteiger partial charge on any atom is -0.463 e. The molecule has 2 aliphatic carbocycles. The molecule has 0 bridgehead atoms. The number of carbonyl (C=O) groups excluding carboxylic acids is 5. The third kappa shape index (κ3) is 11.6. The van der Waals surface area contributed by atoms with Crippen molar-refractivity contribution in [2.45, 2.75) is 69.8 Å². The van der Waals surface area contributed by atoms with Crippen LogP contribution in [0.25, 0.3) is 0 Å². The van der Waals surface area contributed by atoms with Crippen molar-refractivity contribution in [3.05, 3.63) is 81.4 Å². The number of rotatable bonds is 13. The molecule has 312 valence electrons. The number of esters is 3. The summed E-state index contributed by atoms with van der Waals surface area (Å²) in [7, 11) is -9.04.